The number of rotatable bonds is 2. The molecule has 0 bridgehead atoms. The van der Waals surface area contributed by atoms with Crippen molar-refractivity contribution in [2.24, 2.45) is 5.92 Å². The van der Waals surface area contributed by atoms with E-state index in [2.05, 4.69) is 17.9 Å². The predicted octanol–water partition coefficient (Wildman–Crippen LogP) is 2.12. The molecular formula is C16H23NO2. The number of piperidine rings is 1. The van der Waals surface area contributed by atoms with Gasteiger partial charge in [0.05, 0.1) is 6.61 Å². The van der Waals surface area contributed by atoms with E-state index in [1.54, 1.807) is 6.07 Å². The molecular weight excluding hydrogens is 238 g/mol. The monoisotopic (exact) mass is 261 g/mol. The average Bonchev–Trinajstić information content (AvgIpc) is 2.39. The Kier molecular flexibility index (Phi) is 3.50. The second kappa shape index (κ2) is 5.14. The van der Waals surface area contributed by atoms with Crippen LogP contribution in [0.15, 0.2) is 18.2 Å². The van der Waals surface area contributed by atoms with E-state index in [9.17, 15) is 10.2 Å². The molecule has 0 aromatic heterocycles. The van der Waals surface area contributed by atoms with Crippen molar-refractivity contribution >= 4 is 0 Å². The van der Waals surface area contributed by atoms with Gasteiger partial charge < -0.3 is 10.2 Å². The highest BCUT2D eigenvalue weighted by atomic mass is 16.3. The van der Waals surface area contributed by atoms with Crippen LogP contribution in [0, 0.1) is 5.92 Å². The van der Waals surface area contributed by atoms with Gasteiger partial charge in [-0.05, 0) is 42.4 Å². The van der Waals surface area contributed by atoms with Gasteiger partial charge >= 0.3 is 0 Å². The van der Waals surface area contributed by atoms with Gasteiger partial charge in [-0.15, -0.1) is 0 Å². The molecule has 104 valence electrons. The molecule has 1 saturated heterocycles. The average molecular weight is 261 g/mol. The molecule has 3 atom stereocenters. The Labute approximate surface area is 114 Å². The summed E-state index contributed by atoms with van der Waals surface area (Å²) in [5.74, 6) is 1.63. The smallest absolute Gasteiger partial charge is 0.119 e. The Balaban J connectivity index is 1.94. The first-order valence-corrected chi connectivity index (χ1v) is 7.36. The van der Waals surface area contributed by atoms with Crippen LogP contribution in [-0.2, 0) is 6.42 Å². The normalized spacial score (nSPS) is 30.7. The summed E-state index contributed by atoms with van der Waals surface area (Å²) in [6, 6.07) is 6.49. The summed E-state index contributed by atoms with van der Waals surface area (Å²) in [7, 11) is 0. The maximum Gasteiger partial charge on any atom is 0.119 e. The third kappa shape index (κ3) is 2.26. The lowest BCUT2D eigenvalue weighted by Gasteiger charge is -2.47. The fourth-order valence-electron chi connectivity index (χ4n) is 4.06. The molecule has 1 aromatic rings. The lowest BCUT2D eigenvalue weighted by Crippen LogP contribution is -2.49. The molecule has 19 heavy (non-hydrogen) atoms. The zero-order valence-corrected chi connectivity index (χ0v) is 11.5. The zero-order chi connectivity index (χ0) is 13.4. The van der Waals surface area contributed by atoms with Crippen LogP contribution >= 0.6 is 0 Å². The zero-order valence-electron chi connectivity index (χ0n) is 11.5. The number of hydrogen-bond acceptors (Lipinski definition) is 3. The highest BCUT2D eigenvalue weighted by molar-refractivity contribution is 5.44. The van der Waals surface area contributed by atoms with Crippen LogP contribution in [0.5, 0.6) is 5.75 Å². The van der Waals surface area contributed by atoms with Gasteiger partial charge in [0, 0.05) is 25.0 Å². The van der Waals surface area contributed by atoms with Crippen molar-refractivity contribution in [1.29, 1.82) is 0 Å². The number of phenols is 1. The number of nitrogens with zero attached hydrogens (tertiary/aromatic N) is 1. The van der Waals surface area contributed by atoms with Crippen LogP contribution in [0.3, 0.4) is 0 Å². The second-order valence-electron chi connectivity index (χ2n) is 6.12. The SMILES string of the molecule is C[C@@H]1C[C@@H]2c3cccc(O)c3CC[C@H]2N(CCO)C1. The largest absolute Gasteiger partial charge is 0.508 e. The van der Waals surface area contributed by atoms with Crippen molar-refractivity contribution in [2.45, 2.75) is 38.1 Å². The van der Waals surface area contributed by atoms with E-state index < -0.39 is 0 Å². The molecule has 3 heteroatoms. The van der Waals surface area contributed by atoms with Crippen LogP contribution in [0.4, 0.5) is 0 Å². The van der Waals surface area contributed by atoms with Crippen molar-refractivity contribution in [3.8, 4) is 5.75 Å². The van der Waals surface area contributed by atoms with Gasteiger partial charge in [0.1, 0.15) is 5.75 Å². The fourth-order valence-corrected chi connectivity index (χ4v) is 4.06. The number of benzene rings is 1. The first-order chi connectivity index (χ1) is 9.20. The third-order valence-electron chi connectivity index (χ3n) is 4.80. The molecule has 1 fully saturated rings. The molecule has 2 aliphatic rings. The highest BCUT2D eigenvalue weighted by Gasteiger charge is 2.38. The number of β-amino-alcohol motifs (C(OH)–C–C–N with tert-alkyl or cyclic N) is 1. The molecule has 1 aromatic carbocycles. The van der Waals surface area contributed by atoms with E-state index in [1.165, 1.54) is 12.0 Å². The quantitative estimate of drug-likeness (QED) is 0.857. The molecule has 0 spiro atoms. The van der Waals surface area contributed by atoms with Crippen LogP contribution < -0.4 is 0 Å². The molecule has 1 heterocycles. The van der Waals surface area contributed by atoms with Crippen molar-refractivity contribution < 1.29 is 10.2 Å². The summed E-state index contributed by atoms with van der Waals surface area (Å²) in [5, 5.41) is 19.3. The highest BCUT2D eigenvalue weighted by Crippen LogP contribution is 2.44. The number of aliphatic hydroxyl groups excluding tert-OH is 1. The topological polar surface area (TPSA) is 43.7 Å². The first kappa shape index (κ1) is 12.9. The van der Waals surface area contributed by atoms with Crippen LogP contribution in [0.25, 0.3) is 0 Å². The molecule has 0 unspecified atom stereocenters. The van der Waals surface area contributed by atoms with E-state index in [0.29, 0.717) is 23.6 Å². The van der Waals surface area contributed by atoms with Gasteiger partial charge in [-0.2, -0.15) is 0 Å². The Morgan fingerprint density at radius 1 is 1.37 bits per heavy atom. The number of aromatic hydroxyl groups is 1. The molecule has 3 nitrogen and oxygen atoms in total. The van der Waals surface area contributed by atoms with Gasteiger partial charge in [0.25, 0.3) is 0 Å². The predicted molar refractivity (Wildman–Crippen MR) is 75.4 cm³/mol. The minimum atomic E-state index is 0.239. The van der Waals surface area contributed by atoms with Gasteiger partial charge in [0.15, 0.2) is 0 Å². The summed E-state index contributed by atoms with van der Waals surface area (Å²) in [4.78, 5) is 2.45. The molecule has 0 radical (unpaired) electrons. The molecule has 1 aliphatic heterocycles. The van der Waals surface area contributed by atoms with E-state index in [1.807, 2.05) is 6.07 Å². The van der Waals surface area contributed by atoms with Crippen molar-refractivity contribution in [2.75, 3.05) is 19.7 Å². The summed E-state index contributed by atoms with van der Waals surface area (Å²) in [6.07, 6.45) is 3.25. The maximum atomic E-state index is 10.0. The number of fused-ring (bicyclic) bond motifs is 3. The molecule has 0 amide bonds. The van der Waals surface area contributed by atoms with Crippen molar-refractivity contribution in [1.82, 2.24) is 4.90 Å². The summed E-state index contributed by atoms with van der Waals surface area (Å²) >= 11 is 0. The molecule has 2 N–H and O–H groups in total. The van der Waals surface area contributed by atoms with E-state index in [4.69, 9.17) is 0 Å². The Hall–Kier alpha value is -1.06. The number of aliphatic hydroxyl groups is 1. The van der Waals surface area contributed by atoms with Gasteiger partial charge in [0.2, 0.25) is 0 Å². The van der Waals surface area contributed by atoms with E-state index in [-0.39, 0.29) is 6.61 Å². The summed E-state index contributed by atoms with van der Waals surface area (Å²) < 4.78 is 0. The number of likely N-dealkylation sites (tertiary alicyclic amines) is 1. The van der Waals surface area contributed by atoms with Crippen molar-refractivity contribution in [3.05, 3.63) is 29.3 Å². The Morgan fingerprint density at radius 2 is 2.21 bits per heavy atom. The van der Waals surface area contributed by atoms with Crippen LogP contribution in [0.1, 0.15) is 36.8 Å². The molecule has 0 saturated carbocycles. The fraction of sp³-hybridized carbons (Fsp3) is 0.625. The Morgan fingerprint density at radius 3 is 3.00 bits per heavy atom. The minimum Gasteiger partial charge on any atom is -0.508 e. The second-order valence-corrected chi connectivity index (χ2v) is 6.12. The standard InChI is InChI=1S/C16H23NO2/c1-11-9-14-12-3-2-4-16(19)13(12)5-6-15(14)17(10-11)7-8-18/h2-4,11,14-15,18-19H,5-10H2,1H3/t11-,14-,15-/m1/s1. The van der Waals surface area contributed by atoms with Crippen molar-refractivity contribution in [3.63, 3.8) is 0 Å². The van der Waals surface area contributed by atoms with E-state index >= 15 is 0 Å². The van der Waals surface area contributed by atoms with Crippen LogP contribution in [-0.4, -0.2) is 40.9 Å². The lowest BCUT2D eigenvalue weighted by molar-refractivity contribution is 0.0636. The number of phenolic OH excluding ortho intramolecular Hbond substituents is 1. The summed E-state index contributed by atoms with van der Waals surface area (Å²) in [6.45, 7) is 4.40. The van der Waals surface area contributed by atoms with E-state index in [0.717, 1.165) is 31.5 Å². The number of hydrogen-bond donors (Lipinski definition) is 2. The van der Waals surface area contributed by atoms with Gasteiger partial charge in [-0.3, -0.25) is 4.90 Å². The van der Waals surface area contributed by atoms with Gasteiger partial charge in [-0.1, -0.05) is 19.1 Å². The van der Waals surface area contributed by atoms with Gasteiger partial charge in [-0.25, -0.2) is 0 Å². The molecule has 3 rings (SSSR count). The lowest BCUT2D eigenvalue weighted by atomic mass is 9.72. The van der Waals surface area contributed by atoms with Crippen LogP contribution in [0.2, 0.25) is 0 Å². The summed E-state index contributed by atoms with van der Waals surface area (Å²) in [5.41, 5.74) is 2.49. The third-order valence-corrected chi connectivity index (χ3v) is 4.80. The maximum absolute atomic E-state index is 10.0. The Bertz CT molecular complexity index is 460. The molecule has 1 aliphatic carbocycles. The first-order valence-electron chi connectivity index (χ1n) is 7.36. The minimum absolute atomic E-state index is 0.239.